The Kier molecular flexibility index (Phi) is 6.39. The summed E-state index contributed by atoms with van der Waals surface area (Å²) in [6.45, 7) is 3.92. The van der Waals surface area contributed by atoms with Crippen LogP contribution in [0.5, 0.6) is 5.75 Å². The molecule has 1 saturated heterocycles. The highest BCUT2D eigenvalue weighted by Crippen LogP contribution is 2.40. The lowest BCUT2D eigenvalue weighted by atomic mass is 9.91. The Bertz CT molecular complexity index is 1710. The zero-order valence-electron chi connectivity index (χ0n) is 23.6. The minimum Gasteiger partial charge on any atom is -0.494 e. The number of ether oxygens (including phenoxy) is 1. The van der Waals surface area contributed by atoms with E-state index in [4.69, 9.17) is 14.8 Å². The Morgan fingerprint density at radius 1 is 0.927 bits per heavy atom. The molecule has 0 spiro atoms. The molecule has 1 aliphatic carbocycles. The molecular weight excluding hydrogens is 514 g/mol. The fourth-order valence-corrected chi connectivity index (χ4v) is 5.87. The van der Waals surface area contributed by atoms with Crippen LogP contribution in [0.4, 0.5) is 17.3 Å². The van der Waals surface area contributed by atoms with Gasteiger partial charge < -0.3 is 20.3 Å². The van der Waals surface area contributed by atoms with Crippen molar-refractivity contribution in [2.75, 3.05) is 43.5 Å². The summed E-state index contributed by atoms with van der Waals surface area (Å²) in [5.41, 5.74) is 10.6. The van der Waals surface area contributed by atoms with Gasteiger partial charge in [-0.25, -0.2) is 9.97 Å². The molecule has 208 valence electrons. The minimum atomic E-state index is 0.534. The summed E-state index contributed by atoms with van der Waals surface area (Å²) in [7, 11) is 5.64. The van der Waals surface area contributed by atoms with Gasteiger partial charge in [-0.2, -0.15) is 10.2 Å². The van der Waals surface area contributed by atoms with Crippen molar-refractivity contribution in [2.45, 2.75) is 12.8 Å². The third kappa shape index (κ3) is 4.70. The van der Waals surface area contributed by atoms with E-state index in [1.807, 2.05) is 48.1 Å². The molecule has 0 atom stereocenters. The van der Waals surface area contributed by atoms with Crippen LogP contribution in [0, 0.1) is 0 Å². The van der Waals surface area contributed by atoms with Gasteiger partial charge >= 0.3 is 0 Å². The van der Waals surface area contributed by atoms with Crippen molar-refractivity contribution in [3.05, 3.63) is 72.3 Å². The van der Waals surface area contributed by atoms with Gasteiger partial charge in [0.2, 0.25) is 5.95 Å². The van der Waals surface area contributed by atoms with Gasteiger partial charge in [-0.05, 0) is 36.1 Å². The van der Waals surface area contributed by atoms with Crippen molar-refractivity contribution < 1.29 is 4.74 Å². The number of aromatic nitrogens is 6. The summed E-state index contributed by atoms with van der Waals surface area (Å²) in [4.78, 5) is 12.1. The fraction of sp³-hybridized carbons (Fsp3) is 0.290. The van der Waals surface area contributed by atoms with Crippen LogP contribution in [0.2, 0.25) is 0 Å². The molecule has 10 nitrogen and oxygen atoms in total. The van der Waals surface area contributed by atoms with Crippen LogP contribution >= 0.6 is 0 Å². The highest BCUT2D eigenvalue weighted by atomic mass is 16.5. The van der Waals surface area contributed by atoms with Gasteiger partial charge in [-0.15, -0.1) is 0 Å². The first-order valence-corrected chi connectivity index (χ1v) is 14.0. The number of fused-ring (bicyclic) bond motifs is 3. The highest BCUT2D eigenvalue weighted by molar-refractivity contribution is 5.85. The van der Waals surface area contributed by atoms with E-state index in [2.05, 4.69) is 62.0 Å². The van der Waals surface area contributed by atoms with Crippen LogP contribution < -0.4 is 20.3 Å². The van der Waals surface area contributed by atoms with E-state index in [9.17, 15) is 0 Å². The zero-order chi connectivity index (χ0) is 27.9. The van der Waals surface area contributed by atoms with Gasteiger partial charge in [0, 0.05) is 81.1 Å². The number of hydrogen-bond donors (Lipinski definition) is 2. The molecule has 2 N–H and O–H groups in total. The molecule has 5 aromatic rings. The summed E-state index contributed by atoms with van der Waals surface area (Å²) in [5.74, 6) is 1.30. The highest BCUT2D eigenvalue weighted by Gasteiger charge is 2.27. The summed E-state index contributed by atoms with van der Waals surface area (Å²) in [6.07, 6.45) is 7.58. The number of nitrogens with one attached hydrogen (secondary N) is 2. The van der Waals surface area contributed by atoms with E-state index in [1.165, 1.54) is 0 Å². The molecular formula is C31H33N9O. The second kappa shape index (κ2) is 10.4. The van der Waals surface area contributed by atoms with E-state index in [0.29, 0.717) is 5.95 Å². The molecule has 0 unspecified atom stereocenters. The second-order valence-corrected chi connectivity index (χ2v) is 10.6. The quantitative estimate of drug-likeness (QED) is 0.326. The van der Waals surface area contributed by atoms with Gasteiger partial charge in [0.1, 0.15) is 5.75 Å². The SMILES string of the molecule is COc1cc(N2CCNCC2)ccc1Nc1ncc2c(n1)-c1c(nn(C)c1-c1ccc(-c3cnn(C)c3)cc1)CC2. The van der Waals surface area contributed by atoms with Crippen LogP contribution in [0.3, 0.4) is 0 Å². The molecule has 7 rings (SSSR count). The zero-order valence-corrected chi connectivity index (χ0v) is 23.6. The summed E-state index contributed by atoms with van der Waals surface area (Å²) < 4.78 is 9.56. The molecule has 0 bridgehead atoms. The number of rotatable bonds is 6. The Balaban J connectivity index is 1.22. The molecule has 10 heteroatoms. The predicted molar refractivity (Wildman–Crippen MR) is 161 cm³/mol. The summed E-state index contributed by atoms with van der Waals surface area (Å²) >= 11 is 0. The maximum absolute atomic E-state index is 5.76. The van der Waals surface area contributed by atoms with Crippen molar-refractivity contribution in [2.24, 2.45) is 14.1 Å². The lowest BCUT2D eigenvalue weighted by molar-refractivity contribution is 0.416. The minimum absolute atomic E-state index is 0.534. The van der Waals surface area contributed by atoms with E-state index < -0.39 is 0 Å². The average Bonchev–Trinajstić information content (AvgIpc) is 3.60. The first-order chi connectivity index (χ1) is 20.1. The number of nitrogens with zero attached hydrogens (tertiary/aromatic N) is 7. The normalized spacial score (nSPS) is 14.5. The lowest BCUT2D eigenvalue weighted by Gasteiger charge is -2.30. The molecule has 4 heterocycles. The number of methoxy groups -OCH3 is 1. The van der Waals surface area contributed by atoms with Gasteiger partial charge in [0.05, 0.1) is 36.1 Å². The van der Waals surface area contributed by atoms with E-state index in [-0.39, 0.29) is 0 Å². The van der Waals surface area contributed by atoms with Crippen LogP contribution in [-0.4, -0.2) is 62.8 Å². The van der Waals surface area contributed by atoms with Crippen molar-refractivity contribution in [3.8, 4) is 39.4 Å². The Morgan fingerprint density at radius 2 is 1.73 bits per heavy atom. The predicted octanol–water partition coefficient (Wildman–Crippen LogP) is 4.21. The Labute approximate surface area is 239 Å². The third-order valence-electron chi connectivity index (χ3n) is 7.96. The van der Waals surface area contributed by atoms with Crippen molar-refractivity contribution >= 4 is 17.3 Å². The van der Waals surface area contributed by atoms with Crippen LogP contribution in [0.25, 0.3) is 33.6 Å². The standard InChI is InChI=1S/C31H33N9O/c1-38-19-23(18-34-38)20-4-6-21(7-5-20)30-28-26(37-39(30)2)10-8-22-17-33-31(36-29(22)28)35-25-11-9-24(16-27(25)41-3)40-14-12-32-13-15-40/h4-7,9,11,16-19,32H,8,10,12-15H2,1-3H3,(H,33,35,36). The topological polar surface area (TPSA) is 97.9 Å². The number of hydrogen-bond acceptors (Lipinski definition) is 8. The number of benzene rings is 2. The van der Waals surface area contributed by atoms with E-state index >= 15 is 0 Å². The number of anilines is 3. The van der Waals surface area contributed by atoms with Crippen molar-refractivity contribution in [3.63, 3.8) is 0 Å². The Hall–Kier alpha value is -4.70. The average molecular weight is 548 g/mol. The molecule has 1 fully saturated rings. The van der Waals surface area contributed by atoms with Gasteiger partial charge in [-0.1, -0.05) is 24.3 Å². The summed E-state index contributed by atoms with van der Waals surface area (Å²) in [5, 5.41) is 16.0. The van der Waals surface area contributed by atoms with Crippen LogP contribution in [0.1, 0.15) is 11.3 Å². The number of piperazine rings is 1. The van der Waals surface area contributed by atoms with Crippen LogP contribution in [0.15, 0.2) is 61.1 Å². The molecule has 0 saturated carbocycles. The van der Waals surface area contributed by atoms with E-state index in [0.717, 1.165) is 101 Å². The monoisotopic (exact) mass is 547 g/mol. The molecule has 2 aliphatic rings. The van der Waals surface area contributed by atoms with Crippen molar-refractivity contribution in [1.82, 2.24) is 34.8 Å². The van der Waals surface area contributed by atoms with Gasteiger partial charge in [0.15, 0.2) is 0 Å². The second-order valence-electron chi connectivity index (χ2n) is 10.6. The summed E-state index contributed by atoms with van der Waals surface area (Å²) in [6, 6.07) is 14.8. The molecule has 1 aliphatic heterocycles. The first kappa shape index (κ1) is 25.3. The van der Waals surface area contributed by atoms with Gasteiger partial charge in [-0.3, -0.25) is 9.36 Å². The smallest absolute Gasteiger partial charge is 0.227 e. The molecule has 0 amide bonds. The first-order valence-electron chi connectivity index (χ1n) is 14.0. The molecule has 2 aromatic carbocycles. The third-order valence-corrected chi connectivity index (χ3v) is 7.96. The fourth-order valence-electron chi connectivity index (χ4n) is 5.87. The maximum Gasteiger partial charge on any atom is 0.227 e. The largest absolute Gasteiger partial charge is 0.494 e. The van der Waals surface area contributed by atoms with Crippen LogP contribution in [-0.2, 0) is 26.9 Å². The molecule has 0 radical (unpaired) electrons. The molecule has 3 aromatic heterocycles. The van der Waals surface area contributed by atoms with E-state index in [1.54, 1.807) is 7.11 Å². The lowest BCUT2D eigenvalue weighted by Crippen LogP contribution is -2.43. The maximum atomic E-state index is 5.76. The van der Waals surface area contributed by atoms with Gasteiger partial charge in [0.25, 0.3) is 0 Å². The Morgan fingerprint density at radius 3 is 2.49 bits per heavy atom. The van der Waals surface area contributed by atoms with Crippen molar-refractivity contribution in [1.29, 1.82) is 0 Å². The number of aryl methyl sites for hydroxylation is 4. The molecule has 41 heavy (non-hydrogen) atoms.